The molecule has 0 radical (unpaired) electrons. The van der Waals surface area contributed by atoms with Crippen molar-refractivity contribution in [1.29, 1.82) is 0 Å². The van der Waals surface area contributed by atoms with Gasteiger partial charge in [-0.3, -0.25) is 5.10 Å². The van der Waals surface area contributed by atoms with Crippen LogP contribution in [0.15, 0.2) is 6.20 Å². The van der Waals surface area contributed by atoms with E-state index in [-0.39, 0.29) is 5.97 Å². The standard InChI is InChI=1S/C4H6N2O2/c1-8-4(7)3-2-5-6-3/h2,5-6H,1H3. The maximum atomic E-state index is 10.4. The maximum Gasteiger partial charge on any atom is 0.357 e. The Bertz CT molecular complexity index is 167. The average molecular weight is 114 g/mol. The summed E-state index contributed by atoms with van der Waals surface area (Å²) in [6.07, 6.45) is 1.53. The van der Waals surface area contributed by atoms with Crippen LogP contribution < -0.4 is 0 Å². The Hall–Kier alpha value is -1.19. The highest BCUT2D eigenvalue weighted by atomic mass is 16.5. The van der Waals surface area contributed by atoms with Gasteiger partial charge in [-0.1, -0.05) is 0 Å². The Morgan fingerprint density at radius 3 is 2.62 bits per heavy atom. The Morgan fingerprint density at radius 1 is 1.88 bits per heavy atom. The molecule has 4 heteroatoms. The number of aromatic nitrogens is 2. The number of rotatable bonds is 1. The number of hydrogen-bond donors (Lipinski definition) is 2. The van der Waals surface area contributed by atoms with E-state index in [9.17, 15) is 4.79 Å². The lowest BCUT2D eigenvalue weighted by atomic mass is 10.5. The molecule has 0 aliphatic carbocycles. The second kappa shape index (κ2) is 1.73. The molecule has 0 bridgehead atoms. The van der Waals surface area contributed by atoms with Crippen LogP contribution in [0, 0.1) is 0 Å². The summed E-state index contributed by atoms with van der Waals surface area (Å²) in [5, 5.41) is 5.10. The van der Waals surface area contributed by atoms with Crippen molar-refractivity contribution in [1.82, 2.24) is 10.2 Å². The summed E-state index contributed by atoms with van der Waals surface area (Å²) in [7, 11) is 1.34. The zero-order valence-corrected chi connectivity index (χ0v) is 4.39. The fourth-order valence-electron chi connectivity index (χ4n) is 0.364. The van der Waals surface area contributed by atoms with Crippen LogP contribution in [-0.4, -0.2) is 23.3 Å². The number of esters is 1. The first-order chi connectivity index (χ1) is 3.84. The molecule has 0 amide bonds. The van der Waals surface area contributed by atoms with Crippen molar-refractivity contribution in [2.24, 2.45) is 0 Å². The van der Waals surface area contributed by atoms with Crippen LogP contribution in [0.2, 0.25) is 0 Å². The van der Waals surface area contributed by atoms with Crippen LogP contribution in [0.3, 0.4) is 0 Å². The zero-order valence-electron chi connectivity index (χ0n) is 4.39. The van der Waals surface area contributed by atoms with Crippen molar-refractivity contribution in [3.63, 3.8) is 0 Å². The lowest BCUT2D eigenvalue weighted by Gasteiger charge is -1.99. The Kier molecular flexibility index (Phi) is 1.07. The van der Waals surface area contributed by atoms with Gasteiger partial charge in [-0.15, -0.1) is 0 Å². The van der Waals surface area contributed by atoms with Crippen molar-refractivity contribution in [2.75, 3.05) is 7.11 Å². The third-order valence-electron chi connectivity index (χ3n) is 0.829. The van der Waals surface area contributed by atoms with Gasteiger partial charge in [0, 0.05) is 0 Å². The third-order valence-corrected chi connectivity index (χ3v) is 0.829. The molecule has 0 aliphatic rings. The lowest BCUT2D eigenvalue weighted by Crippen LogP contribution is -2.08. The first-order valence-corrected chi connectivity index (χ1v) is 2.14. The number of H-pyrrole nitrogens is 2. The van der Waals surface area contributed by atoms with Crippen molar-refractivity contribution in [2.45, 2.75) is 0 Å². The smallest absolute Gasteiger partial charge is 0.357 e. The lowest BCUT2D eigenvalue weighted by molar-refractivity contribution is 0.0588. The Balaban J connectivity index is 2.58. The van der Waals surface area contributed by atoms with Crippen molar-refractivity contribution < 1.29 is 9.53 Å². The molecule has 0 atom stereocenters. The zero-order chi connectivity index (χ0) is 5.98. The SMILES string of the molecule is COC(=O)c1c[nH][nH]1. The van der Waals surface area contributed by atoms with Gasteiger partial charge in [0.05, 0.1) is 13.3 Å². The number of carbonyl (C=O) groups excluding carboxylic acids is 1. The summed E-state index contributed by atoms with van der Waals surface area (Å²) in [4.78, 5) is 10.4. The second-order valence-corrected chi connectivity index (χ2v) is 1.32. The number of carbonyl (C=O) groups is 1. The molecule has 0 aliphatic heterocycles. The van der Waals surface area contributed by atoms with Gasteiger partial charge in [0.25, 0.3) is 0 Å². The van der Waals surface area contributed by atoms with Gasteiger partial charge in [-0.2, -0.15) is 0 Å². The molecule has 1 aromatic rings. The number of hydrogen-bond acceptors (Lipinski definition) is 2. The minimum Gasteiger partial charge on any atom is -0.464 e. The van der Waals surface area contributed by atoms with Gasteiger partial charge in [-0.25, -0.2) is 4.79 Å². The monoisotopic (exact) mass is 114 g/mol. The van der Waals surface area contributed by atoms with Crippen LogP contribution >= 0.6 is 0 Å². The van der Waals surface area contributed by atoms with Gasteiger partial charge in [-0.05, 0) is 0 Å². The Labute approximate surface area is 45.8 Å². The first kappa shape index (κ1) is 4.96. The summed E-state index contributed by atoms with van der Waals surface area (Å²) in [6.45, 7) is 0. The molecule has 1 aromatic heterocycles. The molecular weight excluding hydrogens is 108 g/mol. The quantitative estimate of drug-likeness (QED) is 0.510. The highest BCUT2D eigenvalue weighted by Gasteiger charge is 2.04. The van der Waals surface area contributed by atoms with Crippen molar-refractivity contribution in [3.05, 3.63) is 11.9 Å². The largest absolute Gasteiger partial charge is 0.464 e. The summed E-state index contributed by atoms with van der Waals surface area (Å²) in [5.41, 5.74) is 0.465. The molecule has 0 fully saturated rings. The molecule has 0 unspecified atom stereocenters. The van der Waals surface area contributed by atoms with E-state index in [1.54, 1.807) is 0 Å². The summed E-state index contributed by atoms with van der Waals surface area (Å²) in [5.74, 6) is -0.344. The van der Waals surface area contributed by atoms with E-state index in [0.29, 0.717) is 5.69 Å². The van der Waals surface area contributed by atoms with E-state index in [0.717, 1.165) is 0 Å². The predicted molar refractivity (Wildman–Crippen MR) is 26.5 cm³/mol. The molecule has 0 aromatic carbocycles. The number of methoxy groups -OCH3 is 1. The average Bonchev–Trinajstić information content (AvgIpc) is 1.62. The fraction of sp³-hybridized carbons (Fsp3) is 0.250. The van der Waals surface area contributed by atoms with Crippen LogP contribution in [0.25, 0.3) is 0 Å². The number of aromatic amines is 2. The van der Waals surface area contributed by atoms with Crippen LogP contribution in [0.5, 0.6) is 0 Å². The van der Waals surface area contributed by atoms with Gasteiger partial charge in [0.2, 0.25) is 0 Å². The first-order valence-electron chi connectivity index (χ1n) is 2.14. The Morgan fingerprint density at radius 2 is 2.50 bits per heavy atom. The van der Waals surface area contributed by atoms with Crippen LogP contribution in [-0.2, 0) is 4.74 Å². The van der Waals surface area contributed by atoms with Crippen LogP contribution in [0.1, 0.15) is 10.5 Å². The normalized spacial score (nSPS) is 9.12. The van der Waals surface area contributed by atoms with E-state index in [4.69, 9.17) is 0 Å². The fourth-order valence-corrected chi connectivity index (χ4v) is 0.364. The van der Waals surface area contributed by atoms with E-state index >= 15 is 0 Å². The minimum absolute atomic E-state index is 0.344. The summed E-state index contributed by atoms with van der Waals surface area (Å²) < 4.78 is 4.34. The predicted octanol–water partition coefficient (Wildman–Crippen LogP) is 0.129. The maximum absolute atomic E-state index is 10.4. The molecule has 8 heavy (non-hydrogen) atoms. The topological polar surface area (TPSA) is 57.9 Å². The van der Waals surface area contributed by atoms with E-state index in [1.165, 1.54) is 13.3 Å². The second-order valence-electron chi connectivity index (χ2n) is 1.32. The molecule has 0 saturated heterocycles. The van der Waals surface area contributed by atoms with E-state index < -0.39 is 0 Å². The van der Waals surface area contributed by atoms with Gasteiger partial charge < -0.3 is 9.84 Å². The molecule has 44 valence electrons. The molecular formula is C4H6N2O2. The summed E-state index contributed by atoms with van der Waals surface area (Å²) in [6, 6.07) is 0. The molecule has 1 rings (SSSR count). The molecule has 4 nitrogen and oxygen atoms in total. The highest BCUT2D eigenvalue weighted by molar-refractivity contribution is 5.86. The van der Waals surface area contributed by atoms with Crippen molar-refractivity contribution in [3.8, 4) is 0 Å². The van der Waals surface area contributed by atoms with E-state index in [2.05, 4.69) is 14.9 Å². The number of nitrogens with one attached hydrogen (secondary N) is 2. The molecule has 2 N–H and O–H groups in total. The van der Waals surface area contributed by atoms with Gasteiger partial charge >= 0.3 is 5.97 Å². The van der Waals surface area contributed by atoms with E-state index in [1.807, 2.05) is 0 Å². The van der Waals surface area contributed by atoms with Crippen LogP contribution in [0.4, 0.5) is 0 Å². The number of ether oxygens (including phenoxy) is 1. The third kappa shape index (κ3) is 0.598. The molecule has 0 spiro atoms. The molecule has 1 heterocycles. The van der Waals surface area contributed by atoms with Gasteiger partial charge in [0.1, 0.15) is 0 Å². The van der Waals surface area contributed by atoms with Crippen molar-refractivity contribution >= 4 is 5.97 Å². The molecule has 0 saturated carbocycles. The van der Waals surface area contributed by atoms with Gasteiger partial charge in [0.15, 0.2) is 5.69 Å². The minimum atomic E-state index is -0.344. The highest BCUT2D eigenvalue weighted by Crippen LogP contribution is 1.92. The summed E-state index contributed by atoms with van der Waals surface area (Å²) >= 11 is 0.